The third kappa shape index (κ3) is 3.01. The molecular weight excluding hydrogens is 260 g/mol. The van der Waals surface area contributed by atoms with E-state index in [2.05, 4.69) is 10.2 Å². The monoisotopic (exact) mass is 280 g/mol. The van der Waals surface area contributed by atoms with Crippen LogP contribution in [0.2, 0.25) is 0 Å². The molecule has 0 bridgehead atoms. The van der Waals surface area contributed by atoms with E-state index in [4.69, 9.17) is 9.52 Å². The first-order chi connectivity index (χ1) is 9.41. The van der Waals surface area contributed by atoms with E-state index in [9.17, 15) is 9.59 Å². The van der Waals surface area contributed by atoms with Gasteiger partial charge < -0.3 is 14.8 Å². The van der Waals surface area contributed by atoms with E-state index >= 15 is 0 Å². The van der Waals surface area contributed by atoms with Gasteiger partial charge in [0.05, 0.1) is 12.1 Å². The minimum atomic E-state index is -1.11. The molecule has 0 unspecified atom stereocenters. The molecule has 1 fully saturated rings. The van der Waals surface area contributed by atoms with Gasteiger partial charge in [0, 0.05) is 0 Å². The summed E-state index contributed by atoms with van der Waals surface area (Å²) in [6.45, 7) is 5.87. The minimum Gasteiger partial charge on any atom is -0.475 e. The molecule has 1 saturated heterocycles. The number of nitrogens with zero attached hydrogens (tertiary/aromatic N) is 1. The summed E-state index contributed by atoms with van der Waals surface area (Å²) in [5.74, 6) is -0.867. The summed E-state index contributed by atoms with van der Waals surface area (Å²) in [4.78, 5) is 25.1. The number of rotatable bonds is 5. The maximum absolute atomic E-state index is 12.3. The van der Waals surface area contributed by atoms with Crippen LogP contribution in [0.25, 0.3) is 0 Å². The lowest BCUT2D eigenvalue weighted by atomic mass is 10.0. The predicted octanol–water partition coefficient (Wildman–Crippen LogP) is 1.47. The summed E-state index contributed by atoms with van der Waals surface area (Å²) in [6, 6.07) is 2.95. The maximum atomic E-state index is 12.3. The highest BCUT2D eigenvalue weighted by Crippen LogP contribution is 2.21. The largest absolute Gasteiger partial charge is 0.475 e. The van der Waals surface area contributed by atoms with Crippen molar-refractivity contribution < 1.29 is 19.1 Å². The van der Waals surface area contributed by atoms with Crippen molar-refractivity contribution in [3.63, 3.8) is 0 Å². The molecule has 2 heterocycles. The van der Waals surface area contributed by atoms with Crippen LogP contribution in [-0.2, 0) is 11.3 Å². The van der Waals surface area contributed by atoms with Crippen molar-refractivity contribution in [2.24, 2.45) is 0 Å². The van der Waals surface area contributed by atoms with Crippen LogP contribution in [-0.4, -0.2) is 40.5 Å². The van der Waals surface area contributed by atoms with Crippen molar-refractivity contribution in [3.8, 4) is 0 Å². The zero-order chi connectivity index (χ0) is 14.8. The molecule has 20 heavy (non-hydrogen) atoms. The smallest absolute Gasteiger partial charge is 0.371 e. The van der Waals surface area contributed by atoms with E-state index in [1.165, 1.54) is 6.07 Å². The SMILES string of the molecule is CC(C)(C(=O)NCc1ccc(C(=O)O)o1)N1CCCC1. The summed E-state index contributed by atoms with van der Waals surface area (Å²) >= 11 is 0. The second kappa shape index (κ2) is 5.66. The van der Waals surface area contributed by atoms with Crippen molar-refractivity contribution >= 4 is 11.9 Å². The second-order valence-electron chi connectivity index (χ2n) is 5.51. The molecule has 6 nitrogen and oxygen atoms in total. The molecule has 2 N–H and O–H groups in total. The van der Waals surface area contributed by atoms with Crippen molar-refractivity contribution in [2.75, 3.05) is 13.1 Å². The number of nitrogens with one attached hydrogen (secondary N) is 1. The summed E-state index contributed by atoms with van der Waals surface area (Å²) in [6.07, 6.45) is 2.24. The fraction of sp³-hybridized carbons (Fsp3) is 0.571. The molecule has 2 rings (SSSR count). The first kappa shape index (κ1) is 14.6. The number of likely N-dealkylation sites (tertiary alicyclic amines) is 1. The lowest BCUT2D eigenvalue weighted by Crippen LogP contribution is -2.53. The van der Waals surface area contributed by atoms with Gasteiger partial charge in [-0.15, -0.1) is 0 Å². The molecule has 1 aliphatic heterocycles. The fourth-order valence-corrected chi connectivity index (χ4v) is 2.39. The Bertz CT molecular complexity index is 501. The molecule has 0 radical (unpaired) electrons. The average molecular weight is 280 g/mol. The molecular formula is C14H20N2O4. The van der Waals surface area contributed by atoms with Crippen molar-refractivity contribution in [1.82, 2.24) is 10.2 Å². The molecule has 1 aliphatic rings. The van der Waals surface area contributed by atoms with Crippen LogP contribution in [0.1, 0.15) is 43.0 Å². The molecule has 1 aromatic heterocycles. The van der Waals surface area contributed by atoms with Crippen molar-refractivity contribution in [2.45, 2.75) is 38.8 Å². The third-order valence-corrected chi connectivity index (χ3v) is 3.75. The van der Waals surface area contributed by atoms with E-state index in [1.807, 2.05) is 13.8 Å². The minimum absolute atomic E-state index is 0.0762. The molecule has 1 amide bonds. The Morgan fingerprint density at radius 2 is 2.00 bits per heavy atom. The Balaban J connectivity index is 1.92. The highest BCUT2D eigenvalue weighted by atomic mass is 16.4. The first-order valence-electron chi connectivity index (χ1n) is 6.76. The van der Waals surface area contributed by atoms with E-state index < -0.39 is 11.5 Å². The number of carbonyl (C=O) groups is 2. The Morgan fingerprint density at radius 1 is 1.35 bits per heavy atom. The van der Waals surface area contributed by atoms with Gasteiger partial charge in [-0.05, 0) is 51.9 Å². The zero-order valence-corrected chi connectivity index (χ0v) is 11.8. The fourth-order valence-electron chi connectivity index (χ4n) is 2.39. The quantitative estimate of drug-likeness (QED) is 0.853. The van der Waals surface area contributed by atoms with Gasteiger partial charge >= 0.3 is 5.97 Å². The lowest BCUT2D eigenvalue weighted by molar-refractivity contribution is -0.131. The van der Waals surface area contributed by atoms with Crippen molar-refractivity contribution in [3.05, 3.63) is 23.7 Å². The molecule has 0 aliphatic carbocycles. The molecule has 0 spiro atoms. The lowest BCUT2D eigenvalue weighted by Gasteiger charge is -2.33. The molecule has 0 saturated carbocycles. The number of hydrogen-bond donors (Lipinski definition) is 2. The summed E-state index contributed by atoms with van der Waals surface area (Å²) in [5.41, 5.74) is -0.557. The van der Waals surface area contributed by atoms with Gasteiger partial charge in [0.15, 0.2) is 0 Å². The second-order valence-corrected chi connectivity index (χ2v) is 5.51. The van der Waals surface area contributed by atoms with E-state index in [1.54, 1.807) is 6.07 Å². The normalized spacial score (nSPS) is 16.3. The number of carboxylic acids is 1. The van der Waals surface area contributed by atoms with Gasteiger partial charge in [-0.25, -0.2) is 4.79 Å². The Hall–Kier alpha value is -1.82. The van der Waals surface area contributed by atoms with E-state index in [-0.39, 0.29) is 18.2 Å². The topological polar surface area (TPSA) is 82.8 Å². The summed E-state index contributed by atoms with van der Waals surface area (Å²) < 4.78 is 5.11. The van der Waals surface area contributed by atoms with E-state index in [0.717, 1.165) is 25.9 Å². The third-order valence-electron chi connectivity index (χ3n) is 3.75. The van der Waals surface area contributed by atoms with Crippen LogP contribution in [0.15, 0.2) is 16.5 Å². The number of amides is 1. The van der Waals surface area contributed by atoms with Crippen LogP contribution in [0.4, 0.5) is 0 Å². The molecule has 110 valence electrons. The summed E-state index contributed by atoms with van der Waals surface area (Å²) in [5, 5.41) is 11.6. The van der Waals surface area contributed by atoms with Gasteiger partial charge in [0.1, 0.15) is 5.76 Å². The van der Waals surface area contributed by atoms with Crippen LogP contribution in [0.5, 0.6) is 0 Å². The zero-order valence-electron chi connectivity index (χ0n) is 11.8. The van der Waals surface area contributed by atoms with Crippen LogP contribution in [0.3, 0.4) is 0 Å². The Morgan fingerprint density at radius 3 is 2.55 bits per heavy atom. The van der Waals surface area contributed by atoms with Gasteiger partial charge in [-0.2, -0.15) is 0 Å². The highest BCUT2D eigenvalue weighted by molar-refractivity contribution is 5.85. The number of carboxylic acid groups (broad SMARTS) is 1. The molecule has 6 heteroatoms. The maximum Gasteiger partial charge on any atom is 0.371 e. The number of aromatic carboxylic acids is 1. The molecule has 0 atom stereocenters. The van der Waals surface area contributed by atoms with Gasteiger partial charge in [-0.3, -0.25) is 9.69 Å². The van der Waals surface area contributed by atoms with Crippen LogP contribution >= 0.6 is 0 Å². The van der Waals surface area contributed by atoms with Crippen LogP contribution in [0, 0.1) is 0 Å². The molecule has 1 aromatic rings. The van der Waals surface area contributed by atoms with E-state index in [0.29, 0.717) is 5.76 Å². The van der Waals surface area contributed by atoms with Gasteiger partial charge in [0.2, 0.25) is 11.7 Å². The number of hydrogen-bond acceptors (Lipinski definition) is 4. The van der Waals surface area contributed by atoms with Gasteiger partial charge in [-0.1, -0.05) is 0 Å². The van der Waals surface area contributed by atoms with Crippen LogP contribution < -0.4 is 5.32 Å². The molecule has 0 aromatic carbocycles. The first-order valence-corrected chi connectivity index (χ1v) is 6.76. The average Bonchev–Trinajstić information content (AvgIpc) is 3.06. The standard InChI is InChI=1S/C14H20N2O4/c1-14(2,16-7-3-4-8-16)13(19)15-9-10-5-6-11(20-10)12(17)18/h5-6H,3-4,7-9H2,1-2H3,(H,15,19)(H,17,18). The van der Waals surface area contributed by atoms with Crippen molar-refractivity contribution in [1.29, 1.82) is 0 Å². The summed E-state index contributed by atoms with van der Waals surface area (Å²) in [7, 11) is 0. The van der Waals surface area contributed by atoms with Gasteiger partial charge in [0.25, 0.3) is 0 Å². The predicted molar refractivity (Wildman–Crippen MR) is 72.4 cm³/mol. The Labute approximate surface area is 117 Å². The highest BCUT2D eigenvalue weighted by Gasteiger charge is 2.35. The Kier molecular flexibility index (Phi) is 4.13. The number of carbonyl (C=O) groups excluding carboxylic acids is 1. The number of furan rings is 1.